The number of hydrogen-bond donors (Lipinski definition) is 2. The molecule has 2 aromatic carbocycles. The Morgan fingerprint density at radius 3 is 2.48 bits per heavy atom. The molecule has 27 heavy (non-hydrogen) atoms. The summed E-state index contributed by atoms with van der Waals surface area (Å²) in [6.45, 7) is 2.93. The van der Waals surface area contributed by atoms with Gasteiger partial charge in [0.2, 0.25) is 0 Å². The fourth-order valence-corrected chi connectivity index (χ4v) is 4.09. The predicted octanol–water partition coefficient (Wildman–Crippen LogP) is 4.66. The molecule has 0 aromatic heterocycles. The van der Waals surface area contributed by atoms with Crippen LogP contribution in [0.25, 0.3) is 0 Å². The van der Waals surface area contributed by atoms with Gasteiger partial charge in [0.05, 0.1) is 17.1 Å². The number of anilines is 3. The van der Waals surface area contributed by atoms with Crippen molar-refractivity contribution in [3.05, 3.63) is 54.1 Å². The van der Waals surface area contributed by atoms with Crippen LogP contribution in [0.2, 0.25) is 0 Å². The van der Waals surface area contributed by atoms with Crippen LogP contribution < -0.4 is 14.9 Å². The van der Waals surface area contributed by atoms with Crippen LogP contribution in [0.5, 0.6) is 0 Å². The molecule has 1 saturated carbocycles. The first kappa shape index (κ1) is 19.7. The minimum Gasteiger partial charge on any atom is -0.755 e. The Kier molecular flexibility index (Phi) is 7.12. The number of hydrogen-bond acceptors (Lipinski definition) is 4. The van der Waals surface area contributed by atoms with Gasteiger partial charge in [0.15, 0.2) is 0 Å². The number of nitrogens with zero attached hydrogens (tertiary/aromatic N) is 1. The molecule has 2 aromatic rings. The molecule has 1 aliphatic carbocycles. The zero-order chi connectivity index (χ0) is 19.1. The lowest BCUT2D eigenvalue weighted by molar-refractivity contribution is 0.463. The third-order valence-electron chi connectivity index (χ3n) is 5.05. The lowest BCUT2D eigenvalue weighted by atomic mass is 9.95. The zero-order valence-corrected chi connectivity index (χ0v) is 16.6. The Labute approximate surface area is 164 Å². The van der Waals surface area contributed by atoms with Crippen molar-refractivity contribution in [1.82, 2.24) is 0 Å². The predicted molar refractivity (Wildman–Crippen MR) is 113 cm³/mol. The van der Waals surface area contributed by atoms with E-state index < -0.39 is 11.3 Å². The topological polar surface area (TPSA) is 67.4 Å². The lowest BCUT2D eigenvalue weighted by Crippen LogP contribution is -2.25. The zero-order valence-electron chi connectivity index (χ0n) is 15.8. The van der Waals surface area contributed by atoms with Crippen molar-refractivity contribution in [2.24, 2.45) is 0 Å². The summed E-state index contributed by atoms with van der Waals surface area (Å²) in [7, 11) is 0. The van der Waals surface area contributed by atoms with Gasteiger partial charge in [0, 0.05) is 30.4 Å². The van der Waals surface area contributed by atoms with Gasteiger partial charge >= 0.3 is 0 Å². The summed E-state index contributed by atoms with van der Waals surface area (Å²) in [6.07, 6.45) is 6.22. The van der Waals surface area contributed by atoms with Crippen LogP contribution in [0.3, 0.4) is 0 Å². The first-order valence-corrected chi connectivity index (χ1v) is 10.8. The first-order chi connectivity index (χ1) is 13.2. The second kappa shape index (κ2) is 9.76. The molecule has 0 saturated heterocycles. The van der Waals surface area contributed by atoms with Crippen LogP contribution in [-0.4, -0.2) is 21.3 Å². The Balaban J connectivity index is 1.82. The second-order valence-corrected chi connectivity index (χ2v) is 7.84. The van der Waals surface area contributed by atoms with Crippen molar-refractivity contribution in [2.45, 2.75) is 51.6 Å². The van der Waals surface area contributed by atoms with Crippen LogP contribution in [-0.2, 0) is 17.8 Å². The largest absolute Gasteiger partial charge is 0.755 e. The van der Waals surface area contributed by atoms with Crippen LogP contribution >= 0.6 is 0 Å². The van der Waals surface area contributed by atoms with Gasteiger partial charge in [0.1, 0.15) is 0 Å². The van der Waals surface area contributed by atoms with E-state index in [9.17, 15) is 8.76 Å². The average Bonchev–Trinajstić information content (AvgIpc) is 2.69. The fourth-order valence-electron chi connectivity index (χ4n) is 3.59. The highest BCUT2D eigenvalue weighted by Crippen LogP contribution is 2.31. The van der Waals surface area contributed by atoms with Crippen molar-refractivity contribution in [1.29, 1.82) is 0 Å². The molecule has 0 spiro atoms. The number of rotatable bonds is 8. The Morgan fingerprint density at radius 2 is 1.81 bits per heavy atom. The molecule has 0 heterocycles. The smallest absolute Gasteiger partial charge is 0.0599 e. The van der Waals surface area contributed by atoms with Crippen molar-refractivity contribution in [3.8, 4) is 0 Å². The molecule has 0 aliphatic heterocycles. The summed E-state index contributed by atoms with van der Waals surface area (Å²) >= 11 is -2.28. The molecule has 0 bridgehead atoms. The average molecular weight is 387 g/mol. The highest BCUT2D eigenvalue weighted by molar-refractivity contribution is 7.80. The van der Waals surface area contributed by atoms with Gasteiger partial charge in [-0.2, -0.15) is 0 Å². The molecule has 0 radical (unpaired) electrons. The van der Waals surface area contributed by atoms with Gasteiger partial charge in [0.25, 0.3) is 0 Å². The van der Waals surface area contributed by atoms with E-state index in [-0.39, 0.29) is 0 Å². The van der Waals surface area contributed by atoms with E-state index >= 15 is 0 Å². The molecular weight excluding hydrogens is 358 g/mol. The molecule has 1 atom stereocenters. The summed E-state index contributed by atoms with van der Waals surface area (Å²) in [5.41, 5.74) is 3.84. The lowest BCUT2D eigenvalue weighted by Gasteiger charge is -2.28. The summed E-state index contributed by atoms with van der Waals surface area (Å²) in [5, 5.41) is 7.15. The minimum atomic E-state index is -2.28. The van der Waals surface area contributed by atoms with Crippen molar-refractivity contribution in [2.75, 3.05) is 21.5 Å². The molecule has 1 unspecified atom stereocenters. The molecule has 2 N–H and O–H groups in total. The highest BCUT2D eigenvalue weighted by atomic mass is 32.2. The SMILES string of the molecule is CCN(c1ccc(NC2CCCCC2)c(NCc2ccccc2)c1)S(=O)[O-]. The first-order valence-electron chi connectivity index (χ1n) is 9.72. The molecule has 1 fully saturated rings. The second-order valence-electron chi connectivity index (χ2n) is 6.96. The molecule has 6 heteroatoms. The van der Waals surface area contributed by atoms with Crippen molar-refractivity contribution >= 4 is 28.3 Å². The maximum atomic E-state index is 11.5. The Morgan fingerprint density at radius 1 is 1.07 bits per heavy atom. The third-order valence-corrected chi connectivity index (χ3v) is 5.88. The van der Waals surface area contributed by atoms with E-state index in [4.69, 9.17) is 0 Å². The number of benzene rings is 2. The maximum absolute atomic E-state index is 11.5. The summed E-state index contributed by atoms with van der Waals surface area (Å²) < 4.78 is 24.4. The quantitative estimate of drug-likeness (QED) is 0.647. The highest BCUT2D eigenvalue weighted by Gasteiger charge is 2.16. The van der Waals surface area contributed by atoms with Gasteiger partial charge in [-0.05, 0) is 43.5 Å². The van der Waals surface area contributed by atoms with Gasteiger partial charge in [-0.15, -0.1) is 0 Å². The van der Waals surface area contributed by atoms with E-state index in [1.54, 1.807) is 0 Å². The monoisotopic (exact) mass is 386 g/mol. The Hall–Kier alpha value is -2.05. The number of nitrogens with one attached hydrogen (secondary N) is 2. The van der Waals surface area contributed by atoms with E-state index in [0.717, 1.165) is 11.4 Å². The van der Waals surface area contributed by atoms with Crippen LogP contribution in [0.15, 0.2) is 48.5 Å². The third kappa shape index (κ3) is 5.47. The minimum absolute atomic E-state index is 0.406. The van der Waals surface area contributed by atoms with Crippen molar-refractivity contribution < 1.29 is 8.76 Å². The molecule has 146 valence electrons. The van der Waals surface area contributed by atoms with Crippen LogP contribution in [0, 0.1) is 0 Å². The fraction of sp³-hybridized carbons (Fsp3) is 0.429. The van der Waals surface area contributed by atoms with Crippen molar-refractivity contribution in [3.63, 3.8) is 0 Å². The summed E-state index contributed by atoms with van der Waals surface area (Å²) in [6, 6.07) is 16.5. The van der Waals surface area contributed by atoms with Gasteiger partial charge < -0.3 is 19.5 Å². The molecular formula is C21H28N3O2S-. The Bertz CT molecular complexity index is 748. The van der Waals surface area contributed by atoms with Gasteiger partial charge in [-0.25, -0.2) is 0 Å². The molecule has 0 amide bonds. The normalized spacial score (nSPS) is 15.9. The van der Waals surface area contributed by atoms with E-state index in [1.165, 1.54) is 42.0 Å². The maximum Gasteiger partial charge on any atom is 0.0599 e. The van der Waals surface area contributed by atoms with Gasteiger partial charge in [-0.3, -0.25) is 4.21 Å². The summed E-state index contributed by atoms with van der Waals surface area (Å²) in [4.78, 5) is 0. The van der Waals surface area contributed by atoms with E-state index in [0.29, 0.717) is 24.8 Å². The standard InChI is InChI=1S/C21H29N3O2S/c1-2-24(27(25)26)19-13-14-20(23-18-11-7-4-8-12-18)21(15-19)22-16-17-9-5-3-6-10-17/h3,5-6,9-10,13-15,18,22-23H,2,4,7-8,11-12,16H2,1H3,(H,25,26)/p-1. The van der Waals surface area contributed by atoms with Crippen LogP contribution in [0.1, 0.15) is 44.6 Å². The van der Waals surface area contributed by atoms with E-state index in [1.807, 2.05) is 43.3 Å². The van der Waals surface area contributed by atoms with Gasteiger partial charge in [-0.1, -0.05) is 49.6 Å². The van der Waals surface area contributed by atoms with E-state index in [2.05, 4.69) is 22.8 Å². The molecule has 5 nitrogen and oxygen atoms in total. The molecule has 1 aliphatic rings. The summed E-state index contributed by atoms with van der Waals surface area (Å²) in [5.74, 6) is 0. The van der Waals surface area contributed by atoms with Crippen LogP contribution in [0.4, 0.5) is 17.1 Å². The molecule has 3 rings (SSSR count).